The number of hydrogen-bond acceptors (Lipinski definition) is 2. The van der Waals surface area contributed by atoms with Gasteiger partial charge in [0, 0.05) is 12.2 Å². The van der Waals surface area contributed by atoms with E-state index < -0.39 is 0 Å². The van der Waals surface area contributed by atoms with E-state index in [1.165, 1.54) is 6.42 Å². The van der Waals surface area contributed by atoms with Crippen molar-refractivity contribution in [2.24, 2.45) is 0 Å². The van der Waals surface area contributed by atoms with Gasteiger partial charge in [0.15, 0.2) is 0 Å². The van der Waals surface area contributed by atoms with Gasteiger partial charge in [-0.05, 0) is 25.0 Å². The number of halogens is 1. The molecule has 2 aromatic heterocycles. The highest BCUT2D eigenvalue weighted by Gasteiger charge is 2.24. The zero-order valence-corrected chi connectivity index (χ0v) is 12.0. The van der Waals surface area contributed by atoms with Crippen LogP contribution in [0.5, 0.6) is 0 Å². The fourth-order valence-corrected chi connectivity index (χ4v) is 3.12. The lowest BCUT2D eigenvalue weighted by molar-refractivity contribution is 0.0935. The van der Waals surface area contributed by atoms with Gasteiger partial charge in [0.05, 0.1) is 22.7 Å². The Morgan fingerprint density at radius 1 is 1.30 bits per heavy atom. The molecule has 1 amide bonds. The van der Waals surface area contributed by atoms with Gasteiger partial charge in [0.25, 0.3) is 5.91 Å². The second kappa shape index (κ2) is 5.83. The fourth-order valence-electron chi connectivity index (χ4n) is 2.78. The van der Waals surface area contributed by atoms with Gasteiger partial charge in [-0.1, -0.05) is 25.3 Å². The maximum atomic E-state index is 12.4. The van der Waals surface area contributed by atoms with E-state index in [0.717, 1.165) is 31.2 Å². The van der Waals surface area contributed by atoms with Crippen molar-refractivity contribution in [3.8, 4) is 0 Å². The first-order chi connectivity index (χ1) is 9.75. The number of hydrogen-bond donors (Lipinski definition) is 1. The molecule has 2 aromatic rings. The molecule has 1 N–H and O–H groups in total. The number of rotatable bonds is 2. The molecule has 0 aliphatic heterocycles. The number of pyridine rings is 1. The monoisotopic (exact) mass is 291 g/mol. The molecule has 1 fully saturated rings. The Hall–Kier alpha value is -1.55. The lowest BCUT2D eigenvalue weighted by Crippen LogP contribution is -2.40. The third-order valence-corrected chi connectivity index (χ3v) is 4.44. The Bertz CT molecular complexity index is 610. The Kier molecular flexibility index (Phi) is 3.92. The summed E-state index contributed by atoms with van der Waals surface area (Å²) in [5.74, 6) is -0.0799. The molecule has 5 heteroatoms. The highest BCUT2D eigenvalue weighted by Crippen LogP contribution is 2.23. The van der Waals surface area contributed by atoms with Gasteiger partial charge >= 0.3 is 0 Å². The Morgan fingerprint density at radius 2 is 2.15 bits per heavy atom. The molecule has 3 rings (SSSR count). The lowest BCUT2D eigenvalue weighted by atomic mass is 10.1. The molecule has 2 atom stereocenters. The largest absolute Gasteiger partial charge is 0.348 e. The Labute approximate surface area is 123 Å². The van der Waals surface area contributed by atoms with Gasteiger partial charge in [-0.25, -0.2) is 4.52 Å². The summed E-state index contributed by atoms with van der Waals surface area (Å²) in [5.41, 5.74) is 1.43. The molecule has 0 bridgehead atoms. The number of aromatic nitrogens is 2. The van der Waals surface area contributed by atoms with Crippen molar-refractivity contribution in [2.75, 3.05) is 0 Å². The van der Waals surface area contributed by atoms with E-state index in [4.69, 9.17) is 11.6 Å². The number of fused-ring (bicyclic) bond motifs is 1. The van der Waals surface area contributed by atoms with Gasteiger partial charge in [-0.2, -0.15) is 5.10 Å². The van der Waals surface area contributed by atoms with Crippen molar-refractivity contribution >= 4 is 23.0 Å². The molecule has 106 valence electrons. The van der Waals surface area contributed by atoms with E-state index >= 15 is 0 Å². The number of nitrogens with one attached hydrogen (secondary N) is 1. The Morgan fingerprint density at radius 3 is 3.05 bits per heavy atom. The number of amides is 1. The highest BCUT2D eigenvalue weighted by atomic mass is 35.5. The number of alkyl halides is 1. The molecular weight excluding hydrogens is 274 g/mol. The molecule has 1 saturated carbocycles. The second-order valence-electron chi connectivity index (χ2n) is 5.32. The predicted octanol–water partition coefficient (Wildman–Crippen LogP) is 3.00. The van der Waals surface area contributed by atoms with Crippen LogP contribution in [-0.4, -0.2) is 26.9 Å². The first-order valence-corrected chi connectivity index (χ1v) is 7.56. The minimum atomic E-state index is -0.0799. The lowest BCUT2D eigenvalue weighted by Gasteiger charge is -2.20. The molecule has 1 aliphatic carbocycles. The zero-order chi connectivity index (χ0) is 13.9. The van der Waals surface area contributed by atoms with E-state index in [2.05, 4.69) is 10.4 Å². The van der Waals surface area contributed by atoms with E-state index in [-0.39, 0.29) is 17.3 Å². The van der Waals surface area contributed by atoms with Crippen molar-refractivity contribution in [2.45, 2.75) is 43.5 Å². The van der Waals surface area contributed by atoms with Gasteiger partial charge in [0.2, 0.25) is 0 Å². The summed E-state index contributed by atoms with van der Waals surface area (Å²) in [6.07, 6.45) is 8.86. The molecule has 0 spiro atoms. The van der Waals surface area contributed by atoms with Crippen LogP contribution in [0.3, 0.4) is 0 Å². The van der Waals surface area contributed by atoms with Crippen LogP contribution in [0.1, 0.15) is 42.5 Å². The predicted molar refractivity (Wildman–Crippen MR) is 79.2 cm³/mol. The van der Waals surface area contributed by atoms with E-state index in [1.54, 1.807) is 10.7 Å². The molecule has 0 saturated heterocycles. The summed E-state index contributed by atoms with van der Waals surface area (Å²) in [7, 11) is 0. The fraction of sp³-hybridized carbons (Fsp3) is 0.467. The van der Waals surface area contributed by atoms with Crippen LogP contribution < -0.4 is 5.32 Å². The second-order valence-corrected chi connectivity index (χ2v) is 5.88. The smallest absolute Gasteiger partial charge is 0.255 e. The van der Waals surface area contributed by atoms with Crippen LogP contribution in [-0.2, 0) is 0 Å². The zero-order valence-electron chi connectivity index (χ0n) is 11.3. The number of carbonyl (C=O) groups is 1. The van der Waals surface area contributed by atoms with Crippen LogP contribution in [0.4, 0.5) is 0 Å². The molecule has 0 radical (unpaired) electrons. The molecule has 0 aromatic carbocycles. The van der Waals surface area contributed by atoms with Gasteiger partial charge in [-0.15, -0.1) is 11.6 Å². The van der Waals surface area contributed by atoms with Gasteiger partial charge in [-0.3, -0.25) is 4.79 Å². The van der Waals surface area contributed by atoms with E-state index in [0.29, 0.717) is 5.56 Å². The van der Waals surface area contributed by atoms with Crippen molar-refractivity contribution in [1.82, 2.24) is 14.9 Å². The van der Waals surface area contributed by atoms with Crippen molar-refractivity contribution in [3.63, 3.8) is 0 Å². The number of nitrogens with zero attached hydrogens (tertiary/aromatic N) is 2. The SMILES string of the molecule is O=C(NC1CCCCCC1Cl)c1cnn2ccccc12. The van der Waals surface area contributed by atoms with Crippen LogP contribution in [0.25, 0.3) is 5.52 Å². The maximum absolute atomic E-state index is 12.4. The summed E-state index contributed by atoms with van der Waals surface area (Å²) in [4.78, 5) is 12.4. The molecule has 2 heterocycles. The van der Waals surface area contributed by atoms with Crippen molar-refractivity contribution < 1.29 is 4.79 Å². The standard InChI is InChI=1S/C15H18ClN3O/c16-12-6-2-1-3-7-13(12)18-15(20)11-10-17-19-9-5-4-8-14(11)19/h4-5,8-10,12-13H,1-3,6-7H2,(H,18,20). The van der Waals surface area contributed by atoms with Crippen molar-refractivity contribution in [1.29, 1.82) is 0 Å². The minimum absolute atomic E-state index is 0.0308. The summed E-state index contributed by atoms with van der Waals surface area (Å²) < 4.78 is 1.71. The highest BCUT2D eigenvalue weighted by molar-refractivity contribution is 6.21. The van der Waals surface area contributed by atoms with Crippen LogP contribution in [0.2, 0.25) is 0 Å². The maximum Gasteiger partial charge on any atom is 0.255 e. The molecular formula is C15H18ClN3O. The first kappa shape index (κ1) is 13.4. The quantitative estimate of drug-likeness (QED) is 0.683. The van der Waals surface area contributed by atoms with E-state index in [1.807, 2.05) is 24.4 Å². The topological polar surface area (TPSA) is 46.4 Å². The summed E-state index contributed by atoms with van der Waals surface area (Å²) >= 11 is 6.38. The average Bonchev–Trinajstić information content (AvgIpc) is 2.79. The Balaban J connectivity index is 1.78. The third kappa shape index (κ3) is 2.66. The molecule has 20 heavy (non-hydrogen) atoms. The van der Waals surface area contributed by atoms with Gasteiger partial charge in [0.1, 0.15) is 0 Å². The summed E-state index contributed by atoms with van der Waals surface area (Å²) in [5, 5.41) is 7.30. The minimum Gasteiger partial charge on any atom is -0.348 e. The summed E-state index contributed by atoms with van der Waals surface area (Å²) in [6, 6.07) is 5.75. The third-order valence-electron chi connectivity index (χ3n) is 3.92. The molecule has 2 unspecified atom stereocenters. The average molecular weight is 292 g/mol. The molecule has 1 aliphatic rings. The van der Waals surface area contributed by atoms with Crippen LogP contribution in [0, 0.1) is 0 Å². The van der Waals surface area contributed by atoms with Crippen LogP contribution >= 0.6 is 11.6 Å². The summed E-state index contributed by atoms with van der Waals surface area (Å²) in [6.45, 7) is 0. The number of carbonyl (C=O) groups excluding carboxylic acids is 1. The van der Waals surface area contributed by atoms with Crippen molar-refractivity contribution in [3.05, 3.63) is 36.2 Å². The van der Waals surface area contributed by atoms with E-state index in [9.17, 15) is 4.79 Å². The first-order valence-electron chi connectivity index (χ1n) is 7.13. The van der Waals surface area contributed by atoms with Crippen LogP contribution in [0.15, 0.2) is 30.6 Å². The van der Waals surface area contributed by atoms with Gasteiger partial charge < -0.3 is 5.32 Å². The normalized spacial score (nSPS) is 23.4. The molecule has 4 nitrogen and oxygen atoms in total.